The van der Waals surface area contributed by atoms with Gasteiger partial charge in [0.15, 0.2) is 0 Å². The molecular formula is C19H35N. The van der Waals surface area contributed by atoms with Gasteiger partial charge >= 0.3 is 0 Å². The first-order valence-corrected chi connectivity index (χ1v) is 8.85. The summed E-state index contributed by atoms with van der Waals surface area (Å²) in [6, 6.07) is 0.711. The van der Waals surface area contributed by atoms with Gasteiger partial charge in [-0.1, -0.05) is 38.8 Å². The number of hydrogen-bond donors (Lipinski definition) is 0. The topological polar surface area (TPSA) is 3.24 Å². The molecule has 1 atom stereocenters. The highest BCUT2D eigenvalue weighted by molar-refractivity contribution is 5.31. The lowest BCUT2D eigenvalue weighted by molar-refractivity contribution is 0.215. The van der Waals surface area contributed by atoms with Gasteiger partial charge in [0.25, 0.3) is 0 Å². The molecule has 0 saturated carbocycles. The maximum atomic E-state index is 2.69. The molecule has 1 heteroatoms. The van der Waals surface area contributed by atoms with Crippen LogP contribution in [0.3, 0.4) is 0 Å². The Morgan fingerprint density at radius 1 is 0.850 bits per heavy atom. The van der Waals surface area contributed by atoms with Gasteiger partial charge in [0.05, 0.1) is 0 Å². The quantitative estimate of drug-likeness (QED) is 0.635. The third-order valence-corrected chi connectivity index (χ3v) is 5.77. The highest BCUT2D eigenvalue weighted by Gasteiger charge is 2.42. The molecule has 0 aromatic carbocycles. The first-order valence-electron chi connectivity index (χ1n) is 8.85. The molecule has 1 fully saturated rings. The Morgan fingerprint density at radius 3 is 2.10 bits per heavy atom. The predicted octanol–water partition coefficient (Wildman–Crippen LogP) is 5.27. The third-order valence-electron chi connectivity index (χ3n) is 5.77. The van der Waals surface area contributed by atoms with Crippen molar-refractivity contribution in [2.45, 2.75) is 79.7 Å². The van der Waals surface area contributed by atoms with Crippen molar-refractivity contribution in [2.24, 2.45) is 17.3 Å². The number of hydrogen-bond acceptors (Lipinski definition) is 1. The molecule has 1 saturated heterocycles. The standard InChI is InChI=1S/C19H35N/c1-14(2)17-8-10-19(18(17)15(3)4)9-7-12-20(13-11-19)16(5)6/h14-16H,7-13H2,1-6H3/t19-/m1/s1. The van der Waals surface area contributed by atoms with E-state index in [9.17, 15) is 0 Å². The first kappa shape index (κ1) is 16.1. The van der Waals surface area contributed by atoms with Crippen LogP contribution in [0.15, 0.2) is 11.1 Å². The molecule has 1 nitrogen and oxygen atoms in total. The van der Waals surface area contributed by atoms with E-state index in [1.54, 1.807) is 5.57 Å². The number of likely N-dealkylation sites (tertiary alicyclic amines) is 1. The van der Waals surface area contributed by atoms with E-state index in [4.69, 9.17) is 0 Å². The lowest BCUT2D eigenvalue weighted by atomic mass is 9.70. The van der Waals surface area contributed by atoms with Gasteiger partial charge in [0, 0.05) is 6.04 Å². The predicted molar refractivity (Wildman–Crippen MR) is 88.9 cm³/mol. The fourth-order valence-electron chi connectivity index (χ4n) is 4.82. The van der Waals surface area contributed by atoms with Crippen molar-refractivity contribution in [3.63, 3.8) is 0 Å². The van der Waals surface area contributed by atoms with E-state index in [-0.39, 0.29) is 0 Å². The molecule has 1 aliphatic heterocycles. The van der Waals surface area contributed by atoms with E-state index in [0.717, 1.165) is 11.8 Å². The average molecular weight is 277 g/mol. The molecule has 0 amide bonds. The number of nitrogens with zero attached hydrogens (tertiary/aromatic N) is 1. The van der Waals surface area contributed by atoms with Gasteiger partial charge in [-0.3, -0.25) is 0 Å². The lowest BCUT2D eigenvalue weighted by Gasteiger charge is -2.35. The van der Waals surface area contributed by atoms with Crippen molar-refractivity contribution >= 4 is 0 Å². The maximum Gasteiger partial charge on any atom is 0.00385 e. The van der Waals surface area contributed by atoms with E-state index < -0.39 is 0 Å². The van der Waals surface area contributed by atoms with Gasteiger partial charge in [-0.05, 0) is 76.3 Å². The molecule has 1 spiro atoms. The largest absolute Gasteiger partial charge is 0.301 e. The van der Waals surface area contributed by atoms with Crippen LogP contribution in [0.25, 0.3) is 0 Å². The van der Waals surface area contributed by atoms with Crippen LogP contribution in [0.1, 0.15) is 73.6 Å². The monoisotopic (exact) mass is 277 g/mol. The van der Waals surface area contributed by atoms with Crippen molar-refractivity contribution in [1.82, 2.24) is 4.90 Å². The summed E-state index contributed by atoms with van der Waals surface area (Å²) in [4.78, 5) is 2.69. The highest BCUT2D eigenvalue weighted by Crippen LogP contribution is 2.54. The van der Waals surface area contributed by atoms with E-state index >= 15 is 0 Å². The summed E-state index contributed by atoms with van der Waals surface area (Å²) in [6.07, 6.45) is 7.02. The minimum atomic E-state index is 0.553. The maximum absolute atomic E-state index is 2.69. The molecule has 116 valence electrons. The minimum Gasteiger partial charge on any atom is -0.301 e. The van der Waals surface area contributed by atoms with Gasteiger partial charge in [-0.15, -0.1) is 0 Å². The third kappa shape index (κ3) is 2.98. The van der Waals surface area contributed by atoms with E-state index in [1.807, 2.05) is 5.57 Å². The summed E-state index contributed by atoms with van der Waals surface area (Å²) < 4.78 is 0. The Labute approximate surface area is 126 Å². The first-order chi connectivity index (χ1) is 9.37. The van der Waals surface area contributed by atoms with Crippen LogP contribution in [0.4, 0.5) is 0 Å². The van der Waals surface area contributed by atoms with Crippen LogP contribution in [-0.2, 0) is 0 Å². The van der Waals surface area contributed by atoms with Crippen molar-refractivity contribution in [3.8, 4) is 0 Å². The molecule has 1 heterocycles. The Kier molecular flexibility index (Phi) is 5.00. The SMILES string of the molecule is CC(C)C1=C(C(C)C)[C@]2(CCCN(C(C)C)CC2)CC1. The summed E-state index contributed by atoms with van der Waals surface area (Å²) in [5.74, 6) is 1.48. The van der Waals surface area contributed by atoms with Crippen molar-refractivity contribution in [3.05, 3.63) is 11.1 Å². The fraction of sp³-hybridized carbons (Fsp3) is 0.895. The molecule has 1 aliphatic carbocycles. The highest BCUT2D eigenvalue weighted by atomic mass is 15.1. The zero-order valence-corrected chi connectivity index (χ0v) is 14.6. The van der Waals surface area contributed by atoms with Crippen molar-refractivity contribution in [1.29, 1.82) is 0 Å². The zero-order chi connectivity index (χ0) is 14.9. The molecule has 0 unspecified atom stereocenters. The summed E-state index contributed by atoms with van der Waals surface area (Å²) in [5, 5.41) is 0. The molecule has 0 radical (unpaired) electrons. The molecule has 0 bridgehead atoms. The number of allylic oxidation sites excluding steroid dienone is 2. The number of rotatable bonds is 3. The van der Waals surface area contributed by atoms with Crippen LogP contribution in [0.5, 0.6) is 0 Å². The second-order valence-corrected chi connectivity index (χ2v) is 8.01. The Morgan fingerprint density at radius 2 is 1.55 bits per heavy atom. The molecule has 0 aromatic rings. The average Bonchev–Trinajstić information content (AvgIpc) is 2.58. The van der Waals surface area contributed by atoms with E-state index in [0.29, 0.717) is 11.5 Å². The summed E-state index contributed by atoms with van der Waals surface area (Å²) in [5.41, 5.74) is 4.22. The second-order valence-electron chi connectivity index (χ2n) is 8.01. The van der Waals surface area contributed by atoms with Crippen LogP contribution in [0.2, 0.25) is 0 Å². The molecular weight excluding hydrogens is 242 g/mol. The molecule has 2 rings (SSSR count). The van der Waals surface area contributed by atoms with Crippen LogP contribution >= 0.6 is 0 Å². The van der Waals surface area contributed by atoms with E-state index in [1.165, 1.54) is 45.2 Å². The van der Waals surface area contributed by atoms with Crippen molar-refractivity contribution < 1.29 is 0 Å². The normalized spacial score (nSPS) is 29.2. The van der Waals surface area contributed by atoms with Crippen molar-refractivity contribution in [2.75, 3.05) is 13.1 Å². The Hall–Kier alpha value is -0.300. The Bertz CT molecular complexity index is 364. The van der Waals surface area contributed by atoms with Gasteiger partial charge < -0.3 is 4.90 Å². The smallest absolute Gasteiger partial charge is 0.00385 e. The summed E-state index contributed by atoms with van der Waals surface area (Å²) in [6.45, 7) is 17.0. The Balaban J connectivity index is 2.26. The molecule has 0 N–H and O–H groups in total. The minimum absolute atomic E-state index is 0.553. The van der Waals surface area contributed by atoms with E-state index in [2.05, 4.69) is 46.4 Å². The van der Waals surface area contributed by atoms with Crippen LogP contribution in [0, 0.1) is 17.3 Å². The van der Waals surface area contributed by atoms with Gasteiger partial charge in [0.2, 0.25) is 0 Å². The summed E-state index contributed by atoms with van der Waals surface area (Å²) in [7, 11) is 0. The second kappa shape index (κ2) is 6.22. The lowest BCUT2D eigenvalue weighted by Crippen LogP contribution is -2.33. The van der Waals surface area contributed by atoms with Gasteiger partial charge in [0.1, 0.15) is 0 Å². The van der Waals surface area contributed by atoms with Crippen LogP contribution in [-0.4, -0.2) is 24.0 Å². The van der Waals surface area contributed by atoms with Crippen LogP contribution < -0.4 is 0 Å². The zero-order valence-electron chi connectivity index (χ0n) is 14.6. The summed E-state index contributed by atoms with van der Waals surface area (Å²) >= 11 is 0. The van der Waals surface area contributed by atoms with Gasteiger partial charge in [-0.2, -0.15) is 0 Å². The molecule has 20 heavy (non-hydrogen) atoms. The van der Waals surface area contributed by atoms with Gasteiger partial charge in [-0.25, -0.2) is 0 Å². The molecule has 0 aromatic heterocycles. The fourth-order valence-corrected chi connectivity index (χ4v) is 4.82. The molecule has 2 aliphatic rings.